The minimum absolute atomic E-state index is 0.0200. The molecular weight excluding hydrogens is 395 g/mol. The molecule has 0 spiro atoms. The van der Waals surface area contributed by atoms with Crippen LogP contribution in [-0.4, -0.2) is 17.0 Å². The molecule has 1 amide bonds. The van der Waals surface area contributed by atoms with E-state index in [4.69, 9.17) is 5.11 Å². The molecule has 0 unspecified atom stereocenters. The van der Waals surface area contributed by atoms with Crippen molar-refractivity contribution >= 4 is 17.6 Å². The van der Waals surface area contributed by atoms with Crippen LogP contribution in [-0.2, 0) is 17.4 Å². The lowest BCUT2D eigenvalue weighted by Crippen LogP contribution is -2.13. The number of anilines is 1. The maximum absolute atomic E-state index is 12.8. The number of halogens is 3. The number of carbonyl (C=O) groups is 2. The minimum atomic E-state index is -4.42. The van der Waals surface area contributed by atoms with Crippen molar-refractivity contribution in [2.24, 2.45) is 0 Å². The second-order valence-electron chi connectivity index (χ2n) is 6.67. The number of hydrogen-bond acceptors (Lipinski definition) is 2. The Balaban J connectivity index is 1.78. The van der Waals surface area contributed by atoms with Gasteiger partial charge in [-0.2, -0.15) is 13.2 Å². The summed E-state index contributed by atoms with van der Waals surface area (Å²) < 4.78 is 38.4. The van der Waals surface area contributed by atoms with E-state index in [2.05, 4.69) is 5.32 Å². The van der Waals surface area contributed by atoms with Crippen LogP contribution in [0.2, 0.25) is 0 Å². The summed E-state index contributed by atoms with van der Waals surface area (Å²) in [4.78, 5) is 23.4. The second kappa shape index (κ2) is 8.82. The van der Waals surface area contributed by atoms with Crippen LogP contribution < -0.4 is 5.32 Å². The number of carbonyl (C=O) groups excluding carboxylic acids is 1. The Morgan fingerprint density at radius 3 is 2.10 bits per heavy atom. The van der Waals surface area contributed by atoms with Crippen LogP contribution in [0.15, 0.2) is 72.8 Å². The van der Waals surface area contributed by atoms with Crippen molar-refractivity contribution in [1.82, 2.24) is 0 Å². The maximum Gasteiger partial charge on any atom is 0.416 e. The van der Waals surface area contributed by atoms with Gasteiger partial charge in [-0.15, -0.1) is 0 Å². The Kier molecular flexibility index (Phi) is 6.20. The molecule has 3 aromatic carbocycles. The number of carboxylic acids is 1. The van der Waals surface area contributed by atoms with E-state index in [9.17, 15) is 22.8 Å². The van der Waals surface area contributed by atoms with Crippen molar-refractivity contribution < 1.29 is 27.9 Å². The van der Waals surface area contributed by atoms with E-state index in [1.807, 2.05) is 0 Å². The van der Waals surface area contributed by atoms with E-state index in [1.165, 1.54) is 12.1 Å². The summed E-state index contributed by atoms with van der Waals surface area (Å²) in [5, 5.41) is 11.5. The molecule has 0 bridgehead atoms. The van der Waals surface area contributed by atoms with E-state index in [1.54, 1.807) is 48.5 Å². The summed E-state index contributed by atoms with van der Waals surface area (Å²) in [6, 6.07) is 18.1. The van der Waals surface area contributed by atoms with Gasteiger partial charge >= 0.3 is 12.1 Å². The molecule has 0 saturated carbocycles. The zero-order chi connectivity index (χ0) is 21.7. The smallest absolute Gasteiger partial charge is 0.416 e. The van der Waals surface area contributed by atoms with Crippen LogP contribution >= 0.6 is 0 Å². The van der Waals surface area contributed by atoms with Crippen LogP contribution in [0.5, 0.6) is 0 Å². The number of benzene rings is 3. The first-order valence-electron chi connectivity index (χ1n) is 9.13. The fraction of sp³-hybridized carbons (Fsp3) is 0.130. The van der Waals surface area contributed by atoms with Gasteiger partial charge in [0.25, 0.3) is 5.91 Å². The molecule has 3 aromatic rings. The Hall–Kier alpha value is -3.61. The number of rotatable bonds is 6. The molecule has 3 rings (SSSR count). The molecule has 154 valence electrons. The van der Waals surface area contributed by atoms with Gasteiger partial charge in [-0.3, -0.25) is 9.59 Å². The average molecular weight is 413 g/mol. The molecule has 4 nitrogen and oxygen atoms in total. The summed E-state index contributed by atoms with van der Waals surface area (Å²) >= 11 is 0. The predicted molar refractivity (Wildman–Crippen MR) is 107 cm³/mol. The number of alkyl halides is 3. The van der Waals surface area contributed by atoms with Crippen LogP contribution in [0.25, 0.3) is 11.1 Å². The van der Waals surface area contributed by atoms with E-state index < -0.39 is 23.6 Å². The molecular formula is C23H18F3NO3. The standard InChI is InChI=1S/C23H18F3NO3/c24-23(25,26)17-10-8-16(9-11-17)19-3-1-2-4-20(19)22(30)27-18-12-5-15(6-13-18)7-14-21(28)29/h1-6,8-13H,7,14H2,(H,27,30)(H,28,29). The van der Waals surface area contributed by atoms with Crippen LogP contribution in [0.4, 0.5) is 18.9 Å². The van der Waals surface area contributed by atoms with Gasteiger partial charge in [-0.1, -0.05) is 42.5 Å². The van der Waals surface area contributed by atoms with Crippen molar-refractivity contribution in [3.05, 3.63) is 89.5 Å². The van der Waals surface area contributed by atoms with E-state index >= 15 is 0 Å². The van der Waals surface area contributed by atoms with Crippen LogP contribution in [0.1, 0.15) is 27.9 Å². The van der Waals surface area contributed by atoms with E-state index in [0.29, 0.717) is 28.8 Å². The third kappa shape index (κ3) is 5.26. The molecule has 0 aliphatic carbocycles. The van der Waals surface area contributed by atoms with Gasteiger partial charge in [0.2, 0.25) is 0 Å². The molecule has 30 heavy (non-hydrogen) atoms. The van der Waals surface area contributed by atoms with Crippen molar-refractivity contribution in [2.75, 3.05) is 5.32 Å². The lowest BCUT2D eigenvalue weighted by atomic mass is 9.98. The monoisotopic (exact) mass is 413 g/mol. The fourth-order valence-electron chi connectivity index (χ4n) is 2.98. The highest BCUT2D eigenvalue weighted by Gasteiger charge is 2.30. The summed E-state index contributed by atoms with van der Waals surface area (Å²) in [6.07, 6.45) is -4.02. The molecule has 0 aromatic heterocycles. The van der Waals surface area contributed by atoms with Gasteiger partial charge in [0.1, 0.15) is 0 Å². The fourth-order valence-corrected chi connectivity index (χ4v) is 2.98. The SMILES string of the molecule is O=C(O)CCc1ccc(NC(=O)c2ccccc2-c2ccc(C(F)(F)F)cc2)cc1. The second-order valence-corrected chi connectivity index (χ2v) is 6.67. The zero-order valence-corrected chi connectivity index (χ0v) is 15.7. The third-order valence-corrected chi connectivity index (χ3v) is 4.53. The van der Waals surface area contributed by atoms with Crippen molar-refractivity contribution in [3.8, 4) is 11.1 Å². The van der Waals surface area contributed by atoms with Gasteiger partial charge in [-0.05, 0) is 53.4 Å². The Morgan fingerprint density at radius 1 is 0.867 bits per heavy atom. The molecule has 0 radical (unpaired) electrons. The van der Waals surface area contributed by atoms with Gasteiger partial charge in [0.05, 0.1) is 5.56 Å². The molecule has 0 atom stereocenters. The third-order valence-electron chi connectivity index (χ3n) is 4.53. The predicted octanol–water partition coefficient (Wildman–Crippen LogP) is 5.64. The summed E-state index contributed by atoms with van der Waals surface area (Å²) in [7, 11) is 0. The van der Waals surface area contributed by atoms with Gasteiger partial charge < -0.3 is 10.4 Å². The number of nitrogens with one attached hydrogen (secondary N) is 1. The summed E-state index contributed by atoms with van der Waals surface area (Å²) in [6.45, 7) is 0. The minimum Gasteiger partial charge on any atom is -0.481 e. The molecule has 0 heterocycles. The molecule has 0 aliphatic heterocycles. The number of carboxylic acid groups (broad SMARTS) is 1. The molecule has 2 N–H and O–H groups in total. The maximum atomic E-state index is 12.8. The molecule has 0 fully saturated rings. The van der Waals surface area contributed by atoms with Crippen molar-refractivity contribution in [1.29, 1.82) is 0 Å². The quantitative estimate of drug-likeness (QED) is 0.549. The Bertz CT molecular complexity index is 1040. The van der Waals surface area contributed by atoms with Crippen LogP contribution in [0.3, 0.4) is 0 Å². The molecule has 0 aliphatic rings. The van der Waals surface area contributed by atoms with E-state index in [0.717, 1.165) is 17.7 Å². The van der Waals surface area contributed by atoms with Gasteiger partial charge in [0, 0.05) is 17.7 Å². The highest BCUT2D eigenvalue weighted by atomic mass is 19.4. The van der Waals surface area contributed by atoms with Gasteiger partial charge in [0.15, 0.2) is 0 Å². The molecule has 0 saturated heterocycles. The first-order chi connectivity index (χ1) is 14.2. The topological polar surface area (TPSA) is 66.4 Å². The van der Waals surface area contributed by atoms with Gasteiger partial charge in [-0.25, -0.2) is 0 Å². The largest absolute Gasteiger partial charge is 0.481 e. The first kappa shape index (κ1) is 21.1. The van der Waals surface area contributed by atoms with Crippen molar-refractivity contribution in [2.45, 2.75) is 19.0 Å². The summed E-state index contributed by atoms with van der Waals surface area (Å²) in [5.74, 6) is -1.28. The number of aliphatic carboxylic acids is 1. The molecule has 7 heteroatoms. The highest BCUT2D eigenvalue weighted by molar-refractivity contribution is 6.08. The lowest BCUT2D eigenvalue weighted by molar-refractivity contribution is -0.138. The average Bonchev–Trinajstić information content (AvgIpc) is 2.72. The Labute approximate surface area is 171 Å². The van der Waals surface area contributed by atoms with E-state index in [-0.39, 0.29) is 6.42 Å². The Morgan fingerprint density at radius 2 is 1.50 bits per heavy atom. The lowest BCUT2D eigenvalue weighted by Gasteiger charge is -2.12. The summed E-state index contributed by atoms with van der Waals surface area (Å²) in [5.41, 5.74) is 1.95. The number of aryl methyl sites for hydroxylation is 1. The van der Waals surface area contributed by atoms with Crippen molar-refractivity contribution in [3.63, 3.8) is 0 Å². The number of hydrogen-bond donors (Lipinski definition) is 2. The normalized spacial score (nSPS) is 11.2. The van der Waals surface area contributed by atoms with Crippen LogP contribution in [0, 0.1) is 0 Å². The number of amides is 1. The first-order valence-corrected chi connectivity index (χ1v) is 9.13. The highest BCUT2D eigenvalue weighted by Crippen LogP contribution is 2.32. The zero-order valence-electron chi connectivity index (χ0n) is 15.7.